The van der Waals surface area contributed by atoms with Crippen molar-refractivity contribution in [3.8, 4) is 11.5 Å². The molecule has 0 fully saturated rings. The highest BCUT2D eigenvalue weighted by Crippen LogP contribution is 2.25. The number of benzene rings is 1. The Morgan fingerprint density at radius 2 is 1.96 bits per heavy atom. The molecule has 2 N–H and O–H groups in total. The maximum atomic E-state index is 13.9. The third-order valence-electron chi connectivity index (χ3n) is 3.77. The van der Waals surface area contributed by atoms with Crippen molar-refractivity contribution in [2.45, 2.75) is 39.5 Å². The largest absolute Gasteiger partial charge is 0.448 e. The Balaban J connectivity index is 2.13. The minimum absolute atomic E-state index is 0.0451. The Morgan fingerprint density at radius 1 is 1.21 bits per heavy atom. The summed E-state index contributed by atoms with van der Waals surface area (Å²) in [4.78, 5) is 21.4. The molecule has 7 nitrogen and oxygen atoms in total. The van der Waals surface area contributed by atoms with Gasteiger partial charge in [0.2, 0.25) is 5.95 Å². The number of rotatable bonds is 6. The van der Waals surface area contributed by atoms with Crippen LogP contribution in [-0.2, 0) is 6.54 Å². The van der Waals surface area contributed by atoms with Crippen molar-refractivity contribution in [2.75, 3.05) is 5.32 Å². The number of ether oxygens (including phenoxy) is 1. The van der Waals surface area contributed by atoms with E-state index in [1.54, 1.807) is 0 Å². The quantitative estimate of drug-likeness (QED) is 0.673. The van der Waals surface area contributed by atoms with E-state index in [2.05, 4.69) is 15.3 Å². The van der Waals surface area contributed by atoms with Crippen molar-refractivity contribution in [1.82, 2.24) is 14.5 Å². The summed E-state index contributed by atoms with van der Waals surface area (Å²) in [5.41, 5.74) is -0.303. The molecule has 0 saturated heterocycles. The number of anilines is 1. The fraction of sp³-hybridized carbons (Fsp3) is 0.316. The molecule has 28 heavy (non-hydrogen) atoms. The zero-order valence-corrected chi connectivity index (χ0v) is 15.6. The van der Waals surface area contributed by atoms with E-state index in [1.807, 2.05) is 13.8 Å². The lowest BCUT2D eigenvalue weighted by Crippen LogP contribution is -2.27. The van der Waals surface area contributed by atoms with E-state index in [0.29, 0.717) is 23.0 Å². The Labute approximate surface area is 159 Å². The molecule has 0 aliphatic carbocycles. The van der Waals surface area contributed by atoms with Crippen LogP contribution in [0.25, 0.3) is 11.0 Å². The molecule has 0 saturated carbocycles. The van der Waals surface area contributed by atoms with Crippen LogP contribution in [0.5, 0.6) is 11.5 Å². The van der Waals surface area contributed by atoms with E-state index < -0.39 is 23.3 Å². The molecule has 0 aliphatic rings. The number of fused-ring (bicyclic) bond motifs is 1. The average Bonchev–Trinajstić information content (AvgIpc) is 2.60. The molecule has 2 heterocycles. The third kappa shape index (κ3) is 4.25. The summed E-state index contributed by atoms with van der Waals surface area (Å²) in [5, 5.41) is 13.3. The van der Waals surface area contributed by atoms with Gasteiger partial charge in [-0.25, -0.2) is 13.8 Å². The first-order valence-corrected chi connectivity index (χ1v) is 8.72. The van der Waals surface area contributed by atoms with Gasteiger partial charge in [-0.3, -0.25) is 9.36 Å². The molecule has 3 aromatic rings. The number of nitrogens with zero attached hydrogens (tertiary/aromatic N) is 3. The van der Waals surface area contributed by atoms with Gasteiger partial charge in [0.1, 0.15) is 11.5 Å². The summed E-state index contributed by atoms with van der Waals surface area (Å²) in [5.74, 6) is -1.84. The zero-order chi connectivity index (χ0) is 20.4. The minimum Gasteiger partial charge on any atom is -0.448 e. The van der Waals surface area contributed by atoms with Crippen molar-refractivity contribution in [1.29, 1.82) is 0 Å². The Kier molecular flexibility index (Phi) is 5.55. The second-order valence-corrected chi connectivity index (χ2v) is 6.72. The van der Waals surface area contributed by atoms with Crippen LogP contribution in [0.2, 0.25) is 0 Å². The second-order valence-electron chi connectivity index (χ2n) is 6.72. The Morgan fingerprint density at radius 3 is 2.61 bits per heavy atom. The van der Waals surface area contributed by atoms with Crippen LogP contribution in [0.4, 0.5) is 14.7 Å². The number of hydrogen-bond donors (Lipinski definition) is 2. The van der Waals surface area contributed by atoms with Crippen LogP contribution in [0.15, 0.2) is 35.3 Å². The van der Waals surface area contributed by atoms with Crippen molar-refractivity contribution < 1.29 is 18.6 Å². The summed E-state index contributed by atoms with van der Waals surface area (Å²) in [6.45, 7) is 5.33. The lowest BCUT2D eigenvalue weighted by Gasteiger charge is -2.15. The first-order valence-electron chi connectivity index (χ1n) is 8.72. The molecule has 148 valence electrons. The minimum atomic E-state index is -0.936. The molecule has 0 unspecified atom stereocenters. The molecule has 9 heteroatoms. The van der Waals surface area contributed by atoms with E-state index in [9.17, 15) is 18.7 Å². The summed E-state index contributed by atoms with van der Waals surface area (Å²) in [6, 6.07) is 4.26. The number of halogens is 2. The van der Waals surface area contributed by atoms with Gasteiger partial charge in [-0.05, 0) is 39.0 Å². The van der Waals surface area contributed by atoms with Crippen molar-refractivity contribution in [2.24, 2.45) is 0 Å². The number of aliphatic hydroxyl groups excluding tert-OH is 1. The molecule has 0 aliphatic heterocycles. The maximum absolute atomic E-state index is 13.9. The summed E-state index contributed by atoms with van der Waals surface area (Å²) >= 11 is 0. The van der Waals surface area contributed by atoms with Crippen LogP contribution in [-0.4, -0.2) is 31.8 Å². The van der Waals surface area contributed by atoms with E-state index in [1.165, 1.54) is 23.8 Å². The molecule has 1 atom stereocenters. The number of aromatic nitrogens is 3. The summed E-state index contributed by atoms with van der Waals surface area (Å²) < 4.78 is 33.7. The first kappa shape index (κ1) is 19.7. The SMILES string of the molecule is CC(C)Nc1ncc2cc(Oc3ccc(F)cc3F)c(=O)n(C[C@H](C)O)c2n1. The van der Waals surface area contributed by atoms with Gasteiger partial charge in [0.25, 0.3) is 5.56 Å². The highest BCUT2D eigenvalue weighted by Gasteiger charge is 2.17. The van der Waals surface area contributed by atoms with Crippen LogP contribution in [0.3, 0.4) is 0 Å². The number of nitrogens with one attached hydrogen (secondary N) is 1. The summed E-state index contributed by atoms with van der Waals surface area (Å²) in [7, 11) is 0. The van der Waals surface area contributed by atoms with Gasteiger partial charge < -0.3 is 15.2 Å². The monoisotopic (exact) mass is 390 g/mol. The number of aliphatic hydroxyl groups is 1. The van der Waals surface area contributed by atoms with Gasteiger partial charge in [-0.15, -0.1) is 0 Å². The molecule has 0 amide bonds. The predicted molar refractivity (Wildman–Crippen MR) is 101 cm³/mol. The molecule has 1 aromatic carbocycles. The van der Waals surface area contributed by atoms with E-state index in [-0.39, 0.29) is 24.1 Å². The van der Waals surface area contributed by atoms with Crippen molar-refractivity contribution in [3.05, 3.63) is 52.5 Å². The van der Waals surface area contributed by atoms with E-state index >= 15 is 0 Å². The average molecular weight is 390 g/mol. The van der Waals surface area contributed by atoms with Crippen LogP contribution < -0.4 is 15.6 Å². The number of hydrogen-bond acceptors (Lipinski definition) is 6. The van der Waals surface area contributed by atoms with Crippen LogP contribution in [0.1, 0.15) is 20.8 Å². The molecule has 3 rings (SSSR count). The van der Waals surface area contributed by atoms with Crippen LogP contribution >= 0.6 is 0 Å². The topological polar surface area (TPSA) is 89.3 Å². The Hall–Kier alpha value is -3.07. The molecule has 0 radical (unpaired) electrons. The first-order chi connectivity index (χ1) is 13.2. The lowest BCUT2D eigenvalue weighted by molar-refractivity contribution is 0.173. The van der Waals surface area contributed by atoms with Gasteiger partial charge in [0.05, 0.1) is 12.6 Å². The molecular weight excluding hydrogens is 370 g/mol. The smallest absolute Gasteiger partial charge is 0.295 e. The van der Waals surface area contributed by atoms with E-state index in [0.717, 1.165) is 12.1 Å². The van der Waals surface area contributed by atoms with Gasteiger partial charge in [-0.2, -0.15) is 4.98 Å². The van der Waals surface area contributed by atoms with Crippen molar-refractivity contribution in [3.63, 3.8) is 0 Å². The zero-order valence-electron chi connectivity index (χ0n) is 15.6. The molecule has 0 bridgehead atoms. The van der Waals surface area contributed by atoms with Crippen molar-refractivity contribution >= 4 is 17.0 Å². The van der Waals surface area contributed by atoms with Gasteiger partial charge >= 0.3 is 0 Å². The second kappa shape index (κ2) is 7.89. The Bertz CT molecular complexity index is 1070. The van der Waals surface area contributed by atoms with Gasteiger partial charge in [0, 0.05) is 23.7 Å². The predicted octanol–water partition coefficient (Wildman–Crippen LogP) is 3.06. The van der Waals surface area contributed by atoms with Crippen LogP contribution in [0, 0.1) is 11.6 Å². The third-order valence-corrected chi connectivity index (χ3v) is 3.77. The summed E-state index contributed by atoms with van der Waals surface area (Å²) in [6.07, 6.45) is 0.661. The molecular formula is C19H20F2N4O3. The number of pyridine rings is 1. The highest BCUT2D eigenvalue weighted by molar-refractivity contribution is 5.77. The fourth-order valence-electron chi connectivity index (χ4n) is 2.64. The normalized spacial score (nSPS) is 12.4. The van der Waals surface area contributed by atoms with Gasteiger partial charge in [-0.1, -0.05) is 0 Å². The maximum Gasteiger partial charge on any atom is 0.295 e. The van der Waals surface area contributed by atoms with E-state index in [4.69, 9.17) is 4.74 Å². The standard InChI is InChI=1S/C19H20F2N4O3/c1-10(2)23-19-22-8-12-6-16(28-15-5-4-13(20)7-14(15)21)18(27)25(9-11(3)26)17(12)24-19/h4-8,10-11,26H,9H2,1-3H3,(H,22,23,24)/t11-/m0/s1. The van der Waals surface area contributed by atoms with Gasteiger partial charge in [0.15, 0.2) is 17.3 Å². The molecule has 0 spiro atoms. The lowest BCUT2D eigenvalue weighted by atomic mass is 10.2. The fourth-order valence-corrected chi connectivity index (χ4v) is 2.64. The highest BCUT2D eigenvalue weighted by atomic mass is 19.1. The molecule has 2 aromatic heterocycles.